The minimum atomic E-state index is -0.464. The molecular weight excluding hydrogens is 251 g/mol. The molecule has 0 aliphatic rings. The van der Waals surface area contributed by atoms with E-state index in [-0.39, 0.29) is 18.4 Å². The van der Waals surface area contributed by atoms with Crippen LogP contribution in [0.4, 0.5) is 14.9 Å². The predicted octanol–water partition coefficient (Wildman–Crippen LogP) is 2.12. The highest BCUT2D eigenvalue weighted by Gasteiger charge is 2.12. The Morgan fingerprint density at radius 2 is 2.21 bits per heavy atom. The van der Waals surface area contributed by atoms with E-state index in [0.717, 1.165) is 0 Å². The van der Waals surface area contributed by atoms with Gasteiger partial charge in [0.1, 0.15) is 11.6 Å². The molecule has 19 heavy (non-hydrogen) atoms. The Balaban J connectivity index is 2.72. The Bertz CT molecular complexity index is 422. The van der Waals surface area contributed by atoms with Gasteiger partial charge in [-0.05, 0) is 25.5 Å². The fourth-order valence-electron chi connectivity index (χ4n) is 1.49. The van der Waals surface area contributed by atoms with Crippen LogP contribution < -0.4 is 15.4 Å². The van der Waals surface area contributed by atoms with Crippen LogP contribution in [0.25, 0.3) is 0 Å². The average Bonchev–Trinajstić information content (AvgIpc) is 2.39. The molecule has 0 bridgehead atoms. The minimum absolute atomic E-state index is 0.133. The molecule has 6 heteroatoms. The third-order valence-corrected chi connectivity index (χ3v) is 2.54. The Kier molecular flexibility index (Phi) is 6.08. The quantitative estimate of drug-likeness (QED) is 0.741. The van der Waals surface area contributed by atoms with Crippen LogP contribution in [0.15, 0.2) is 18.2 Å². The number of ether oxygens (including phenoxy) is 1. The van der Waals surface area contributed by atoms with Crippen LogP contribution in [0.1, 0.15) is 20.3 Å². The first-order chi connectivity index (χ1) is 9.10. The van der Waals surface area contributed by atoms with Crippen LogP contribution in [0.3, 0.4) is 0 Å². The number of rotatable bonds is 6. The van der Waals surface area contributed by atoms with E-state index in [4.69, 9.17) is 9.84 Å². The summed E-state index contributed by atoms with van der Waals surface area (Å²) >= 11 is 0. The molecule has 0 heterocycles. The second kappa shape index (κ2) is 7.58. The van der Waals surface area contributed by atoms with E-state index in [0.29, 0.717) is 18.7 Å². The lowest BCUT2D eigenvalue weighted by Gasteiger charge is -2.16. The van der Waals surface area contributed by atoms with Gasteiger partial charge in [0.2, 0.25) is 0 Å². The zero-order valence-corrected chi connectivity index (χ0v) is 11.1. The van der Waals surface area contributed by atoms with E-state index < -0.39 is 11.8 Å². The molecule has 3 N–H and O–H groups in total. The summed E-state index contributed by atoms with van der Waals surface area (Å²) in [6.07, 6.45) is 0.617. The summed E-state index contributed by atoms with van der Waals surface area (Å²) in [6.45, 7) is 3.86. The highest BCUT2D eigenvalue weighted by molar-refractivity contribution is 5.91. The van der Waals surface area contributed by atoms with E-state index in [9.17, 15) is 9.18 Å². The van der Waals surface area contributed by atoms with Crippen molar-refractivity contribution in [3.8, 4) is 5.75 Å². The molecule has 5 nitrogen and oxygen atoms in total. The first kappa shape index (κ1) is 15.2. The van der Waals surface area contributed by atoms with Crippen molar-refractivity contribution in [1.82, 2.24) is 5.32 Å². The molecule has 0 radical (unpaired) electrons. The van der Waals surface area contributed by atoms with Crippen molar-refractivity contribution in [2.45, 2.75) is 26.3 Å². The SMILES string of the molecule is CCOc1cc(F)ccc1NC(=O)NC(CC)CO. The molecule has 0 saturated carbocycles. The van der Waals surface area contributed by atoms with Crippen LogP contribution in [-0.2, 0) is 0 Å². The summed E-state index contributed by atoms with van der Waals surface area (Å²) < 4.78 is 18.3. The molecule has 0 spiro atoms. The summed E-state index contributed by atoms with van der Waals surface area (Å²) in [6, 6.07) is 3.11. The lowest BCUT2D eigenvalue weighted by atomic mass is 10.2. The maximum atomic E-state index is 13.1. The van der Waals surface area contributed by atoms with Crippen molar-refractivity contribution in [3.63, 3.8) is 0 Å². The van der Waals surface area contributed by atoms with Gasteiger partial charge in [-0.15, -0.1) is 0 Å². The molecule has 1 aromatic rings. The molecule has 1 atom stereocenters. The van der Waals surface area contributed by atoms with Gasteiger partial charge in [-0.25, -0.2) is 9.18 Å². The van der Waals surface area contributed by atoms with Crippen molar-refractivity contribution in [1.29, 1.82) is 0 Å². The fraction of sp³-hybridized carbons (Fsp3) is 0.462. The number of benzene rings is 1. The van der Waals surface area contributed by atoms with Gasteiger partial charge < -0.3 is 20.5 Å². The zero-order valence-electron chi connectivity index (χ0n) is 11.1. The number of carbonyl (C=O) groups is 1. The molecule has 0 aromatic heterocycles. The van der Waals surface area contributed by atoms with Gasteiger partial charge in [0.15, 0.2) is 0 Å². The molecule has 0 aliphatic carbocycles. The summed E-state index contributed by atoms with van der Waals surface area (Å²) in [5, 5.41) is 14.2. The van der Waals surface area contributed by atoms with Crippen LogP contribution in [0, 0.1) is 5.82 Å². The van der Waals surface area contributed by atoms with Crippen molar-refractivity contribution in [3.05, 3.63) is 24.0 Å². The number of aliphatic hydroxyl groups is 1. The number of halogens is 1. The van der Waals surface area contributed by atoms with Crippen LogP contribution >= 0.6 is 0 Å². The molecule has 0 aliphatic heterocycles. The van der Waals surface area contributed by atoms with Crippen molar-refractivity contribution in [2.24, 2.45) is 0 Å². The Morgan fingerprint density at radius 3 is 2.79 bits per heavy atom. The topological polar surface area (TPSA) is 70.6 Å². The maximum Gasteiger partial charge on any atom is 0.319 e. The van der Waals surface area contributed by atoms with E-state index in [1.165, 1.54) is 18.2 Å². The van der Waals surface area contributed by atoms with Gasteiger partial charge in [0.05, 0.1) is 24.9 Å². The number of nitrogens with one attached hydrogen (secondary N) is 2. The molecular formula is C13H19FN2O3. The number of hydrogen-bond donors (Lipinski definition) is 3. The van der Waals surface area contributed by atoms with Crippen molar-refractivity contribution in [2.75, 3.05) is 18.5 Å². The van der Waals surface area contributed by atoms with Gasteiger partial charge in [-0.2, -0.15) is 0 Å². The normalized spacial score (nSPS) is 11.8. The molecule has 1 aromatic carbocycles. The van der Waals surface area contributed by atoms with Crippen molar-refractivity contribution < 1.29 is 19.0 Å². The summed E-state index contributed by atoms with van der Waals surface area (Å²) in [5.41, 5.74) is 0.383. The van der Waals surface area contributed by atoms with E-state index >= 15 is 0 Å². The highest BCUT2D eigenvalue weighted by atomic mass is 19.1. The number of anilines is 1. The molecule has 0 saturated heterocycles. The third-order valence-electron chi connectivity index (χ3n) is 2.54. The third kappa shape index (κ3) is 4.75. The molecule has 1 unspecified atom stereocenters. The minimum Gasteiger partial charge on any atom is -0.492 e. The second-order valence-electron chi connectivity index (χ2n) is 3.96. The van der Waals surface area contributed by atoms with Crippen LogP contribution in [-0.4, -0.2) is 30.4 Å². The summed E-state index contributed by atoms with van der Waals surface area (Å²) in [4.78, 5) is 11.7. The van der Waals surface area contributed by atoms with Gasteiger partial charge in [-0.1, -0.05) is 6.92 Å². The molecule has 0 fully saturated rings. The monoisotopic (exact) mass is 270 g/mol. The summed E-state index contributed by atoms with van der Waals surface area (Å²) in [5.74, 6) is -0.161. The molecule has 2 amide bonds. The first-order valence-electron chi connectivity index (χ1n) is 6.21. The standard InChI is InChI=1S/C13H19FN2O3/c1-3-10(8-17)15-13(18)16-11-6-5-9(14)7-12(11)19-4-2/h5-7,10,17H,3-4,8H2,1-2H3,(H2,15,16,18). The van der Waals surface area contributed by atoms with E-state index in [2.05, 4.69) is 10.6 Å². The Morgan fingerprint density at radius 1 is 1.47 bits per heavy atom. The second-order valence-corrected chi connectivity index (χ2v) is 3.96. The average molecular weight is 270 g/mol. The van der Waals surface area contributed by atoms with Gasteiger partial charge in [0.25, 0.3) is 0 Å². The predicted molar refractivity (Wildman–Crippen MR) is 70.9 cm³/mol. The van der Waals surface area contributed by atoms with Crippen LogP contribution in [0.2, 0.25) is 0 Å². The Labute approximate surface area is 111 Å². The zero-order chi connectivity index (χ0) is 14.3. The number of aliphatic hydroxyl groups excluding tert-OH is 1. The Hall–Kier alpha value is -1.82. The number of carbonyl (C=O) groups excluding carboxylic acids is 1. The van der Waals surface area contributed by atoms with Crippen molar-refractivity contribution >= 4 is 11.7 Å². The van der Waals surface area contributed by atoms with E-state index in [1.807, 2.05) is 6.92 Å². The summed E-state index contributed by atoms with van der Waals surface area (Å²) in [7, 11) is 0. The van der Waals surface area contributed by atoms with Gasteiger partial charge in [-0.3, -0.25) is 0 Å². The highest BCUT2D eigenvalue weighted by Crippen LogP contribution is 2.25. The number of hydrogen-bond acceptors (Lipinski definition) is 3. The van der Waals surface area contributed by atoms with Crippen LogP contribution in [0.5, 0.6) is 5.75 Å². The number of urea groups is 1. The molecule has 106 valence electrons. The molecule has 1 rings (SSSR count). The maximum absolute atomic E-state index is 13.1. The van der Waals surface area contributed by atoms with Gasteiger partial charge in [0, 0.05) is 6.07 Å². The lowest BCUT2D eigenvalue weighted by Crippen LogP contribution is -2.39. The van der Waals surface area contributed by atoms with Gasteiger partial charge >= 0.3 is 6.03 Å². The fourth-order valence-corrected chi connectivity index (χ4v) is 1.49. The first-order valence-corrected chi connectivity index (χ1v) is 6.21. The number of amides is 2. The smallest absolute Gasteiger partial charge is 0.319 e. The van der Waals surface area contributed by atoms with E-state index in [1.54, 1.807) is 6.92 Å². The lowest BCUT2D eigenvalue weighted by molar-refractivity contribution is 0.222. The largest absolute Gasteiger partial charge is 0.492 e.